The lowest BCUT2D eigenvalue weighted by Gasteiger charge is -2.01. The summed E-state index contributed by atoms with van der Waals surface area (Å²) >= 11 is 2.27. The Bertz CT molecular complexity index is 462. The molecule has 0 bridgehead atoms. The van der Waals surface area contributed by atoms with Crippen molar-refractivity contribution in [3.05, 3.63) is 39.6 Å². The molecule has 3 nitrogen and oxygen atoms in total. The fourth-order valence-electron chi connectivity index (χ4n) is 1.49. The lowest BCUT2D eigenvalue weighted by Crippen LogP contribution is -1.94. The molecule has 0 unspecified atom stereocenters. The average molecular weight is 314 g/mol. The van der Waals surface area contributed by atoms with Gasteiger partial charge < -0.3 is 5.11 Å². The van der Waals surface area contributed by atoms with Crippen LogP contribution in [-0.2, 0) is 13.7 Å². The van der Waals surface area contributed by atoms with Crippen LogP contribution in [0.5, 0.6) is 0 Å². The monoisotopic (exact) mass is 314 g/mol. The minimum absolute atomic E-state index is 0.0157. The molecule has 1 N–H and O–H groups in total. The van der Waals surface area contributed by atoms with Crippen molar-refractivity contribution in [2.45, 2.75) is 6.61 Å². The van der Waals surface area contributed by atoms with Crippen LogP contribution in [0.1, 0.15) is 5.69 Å². The summed E-state index contributed by atoms with van der Waals surface area (Å²) in [6.07, 6.45) is 0. The van der Waals surface area contributed by atoms with Crippen LogP contribution in [0.15, 0.2) is 30.3 Å². The molecule has 2 rings (SSSR count). The first-order valence-electron chi connectivity index (χ1n) is 4.60. The predicted molar refractivity (Wildman–Crippen MR) is 67.3 cm³/mol. The third-order valence-corrected chi connectivity index (χ3v) is 2.95. The molecule has 4 heteroatoms. The molecule has 1 heterocycles. The number of halogens is 1. The van der Waals surface area contributed by atoms with Crippen LogP contribution >= 0.6 is 22.6 Å². The van der Waals surface area contributed by atoms with Crippen LogP contribution in [0.4, 0.5) is 0 Å². The second-order valence-corrected chi connectivity index (χ2v) is 4.56. The molecule has 78 valence electrons. The number of aliphatic hydroxyl groups is 1. The smallest absolute Gasteiger partial charge is 0.0885 e. The first-order valence-corrected chi connectivity index (χ1v) is 5.68. The van der Waals surface area contributed by atoms with Crippen molar-refractivity contribution in [1.82, 2.24) is 9.78 Å². The van der Waals surface area contributed by atoms with E-state index < -0.39 is 0 Å². The molecule has 1 aromatic heterocycles. The molecule has 2 aromatic rings. The third-order valence-electron chi connectivity index (χ3n) is 2.23. The number of hydrogen-bond acceptors (Lipinski definition) is 2. The molecule has 0 aliphatic heterocycles. The molecule has 0 fully saturated rings. The van der Waals surface area contributed by atoms with Gasteiger partial charge in [0.2, 0.25) is 0 Å². The summed E-state index contributed by atoms with van der Waals surface area (Å²) in [7, 11) is 1.88. The summed E-state index contributed by atoms with van der Waals surface area (Å²) in [5.41, 5.74) is 2.84. The summed E-state index contributed by atoms with van der Waals surface area (Å²) in [6, 6.07) is 10.1. The van der Waals surface area contributed by atoms with Crippen LogP contribution in [0, 0.1) is 3.57 Å². The predicted octanol–water partition coefficient (Wildman–Crippen LogP) is 2.18. The second kappa shape index (κ2) is 4.32. The maximum atomic E-state index is 8.99. The molecular weight excluding hydrogens is 303 g/mol. The van der Waals surface area contributed by atoms with E-state index in [0.717, 1.165) is 11.3 Å². The van der Waals surface area contributed by atoms with Crippen LogP contribution in [-0.4, -0.2) is 14.9 Å². The van der Waals surface area contributed by atoms with Gasteiger partial charge in [0.1, 0.15) is 0 Å². The molecule has 0 atom stereocenters. The molecule has 0 amide bonds. The lowest BCUT2D eigenvalue weighted by molar-refractivity contribution is 0.275. The van der Waals surface area contributed by atoms with E-state index in [4.69, 9.17) is 5.11 Å². The molecule has 0 spiro atoms. The fourth-order valence-corrected chi connectivity index (χ4v) is 1.85. The summed E-state index contributed by atoms with van der Waals surface area (Å²) < 4.78 is 2.99. The van der Waals surface area contributed by atoms with Crippen molar-refractivity contribution in [3.63, 3.8) is 0 Å². The zero-order chi connectivity index (χ0) is 10.8. The van der Waals surface area contributed by atoms with Crippen LogP contribution in [0.3, 0.4) is 0 Å². The topological polar surface area (TPSA) is 38.0 Å². The van der Waals surface area contributed by atoms with E-state index in [0.29, 0.717) is 5.69 Å². The van der Waals surface area contributed by atoms with Crippen LogP contribution < -0.4 is 0 Å². The highest BCUT2D eigenvalue weighted by molar-refractivity contribution is 14.1. The maximum Gasteiger partial charge on any atom is 0.0885 e. The van der Waals surface area contributed by atoms with Crippen molar-refractivity contribution in [2.75, 3.05) is 0 Å². The van der Waals surface area contributed by atoms with Gasteiger partial charge in [-0.05, 0) is 46.4 Å². The first-order chi connectivity index (χ1) is 7.20. The number of aryl methyl sites for hydroxylation is 1. The average Bonchev–Trinajstić information content (AvgIpc) is 2.61. The van der Waals surface area contributed by atoms with Crippen molar-refractivity contribution < 1.29 is 5.11 Å². The zero-order valence-corrected chi connectivity index (χ0v) is 10.5. The Kier molecular flexibility index (Phi) is 3.06. The largest absolute Gasteiger partial charge is 0.390 e. The maximum absolute atomic E-state index is 8.99. The second-order valence-electron chi connectivity index (χ2n) is 3.31. The molecule has 0 aliphatic rings. The van der Waals surface area contributed by atoms with E-state index in [1.165, 1.54) is 3.57 Å². The normalized spacial score (nSPS) is 10.6. The van der Waals surface area contributed by atoms with E-state index in [1.807, 2.05) is 13.1 Å². The van der Waals surface area contributed by atoms with Gasteiger partial charge in [-0.25, -0.2) is 0 Å². The summed E-state index contributed by atoms with van der Waals surface area (Å²) in [4.78, 5) is 0. The fraction of sp³-hybridized carbons (Fsp3) is 0.182. The number of aliphatic hydroxyl groups excluding tert-OH is 1. The Morgan fingerprint density at radius 3 is 2.53 bits per heavy atom. The first kappa shape index (κ1) is 10.6. The molecule has 0 aliphatic carbocycles. The Hall–Kier alpha value is -0.880. The minimum Gasteiger partial charge on any atom is -0.390 e. The minimum atomic E-state index is -0.0157. The van der Waals surface area contributed by atoms with Gasteiger partial charge in [-0.3, -0.25) is 4.68 Å². The number of aromatic nitrogens is 2. The van der Waals surface area contributed by atoms with Crippen molar-refractivity contribution in [3.8, 4) is 11.3 Å². The Labute approximate surface area is 102 Å². The van der Waals surface area contributed by atoms with E-state index in [1.54, 1.807) is 4.68 Å². The van der Waals surface area contributed by atoms with Crippen molar-refractivity contribution >= 4 is 22.6 Å². The molecule has 15 heavy (non-hydrogen) atoms. The van der Waals surface area contributed by atoms with E-state index in [9.17, 15) is 0 Å². The lowest BCUT2D eigenvalue weighted by atomic mass is 10.1. The summed E-state index contributed by atoms with van der Waals surface area (Å²) in [6.45, 7) is -0.0157. The van der Waals surface area contributed by atoms with Gasteiger partial charge in [-0.15, -0.1) is 0 Å². The van der Waals surface area contributed by atoms with Gasteiger partial charge in [-0.2, -0.15) is 5.10 Å². The third kappa shape index (κ3) is 2.21. The van der Waals surface area contributed by atoms with Crippen LogP contribution in [0.2, 0.25) is 0 Å². The van der Waals surface area contributed by atoms with Gasteiger partial charge in [0, 0.05) is 10.6 Å². The van der Waals surface area contributed by atoms with Crippen molar-refractivity contribution in [1.29, 1.82) is 0 Å². The highest BCUT2D eigenvalue weighted by atomic mass is 127. The highest BCUT2D eigenvalue weighted by Gasteiger charge is 2.06. The molecule has 0 saturated heterocycles. The zero-order valence-electron chi connectivity index (χ0n) is 8.31. The Morgan fingerprint density at radius 2 is 2.00 bits per heavy atom. The van der Waals surface area contributed by atoms with Gasteiger partial charge >= 0.3 is 0 Å². The number of rotatable bonds is 2. The summed E-state index contributed by atoms with van der Waals surface area (Å²) in [5, 5.41) is 13.2. The van der Waals surface area contributed by atoms with Gasteiger partial charge in [-0.1, -0.05) is 12.1 Å². The molecule has 1 aromatic carbocycles. The number of benzene rings is 1. The van der Waals surface area contributed by atoms with E-state index in [2.05, 4.69) is 52.0 Å². The van der Waals surface area contributed by atoms with Crippen molar-refractivity contribution in [2.24, 2.45) is 7.05 Å². The summed E-state index contributed by atoms with van der Waals surface area (Å²) in [5.74, 6) is 0. The SMILES string of the molecule is Cn1nc(CO)cc1-c1ccc(I)cc1. The van der Waals surface area contributed by atoms with E-state index >= 15 is 0 Å². The van der Waals surface area contributed by atoms with Gasteiger partial charge in [0.15, 0.2) is 0 Å². The number of nitrogens with zero attached hydrogens (tertiary/aromatic N) is 2. The van der Waals surface area contributed by atoms with E-state index in [-0.39, 0.29) is 6.61 Å². The standard InChI is InChI=1S/C11H11IN2O/c1-14-11(6-10(7-15)13-14)8-2-4-9(12)5-3-8/h2-6,15H,7H2,1H3. The number of hydrogen-bond donors (Lipinski definition) is 1. The van der Waals surface area contributed by atoms with Crippen LogP contribution in [0.25, 0.3) is 11.3 Å². The molecule has 0 radical (unpaired) electrons. The van der Waals surface area contributed by atoms with Gasteiger partial charge in [0.05, 0.1) is 18.0 Å². The Balaban J connectivity index is 2.44. The molecular formula is C11H11IN2O. The highest BCUT2D eigenvalue weighted by Crippen LogP contribution is 2.20. The quantitative estimate of drug-likeness (QED) is 0.863. The molecule has 0 saturated carbocycles. The van der Waals surface area contributed by atoms with Gasteiger partial charge in [0.25, 0.3) is 0 Å². The Morgan fingerprint density at radius 1 is 1.33 bits per heavy atom.